The van der Waals surface area contributed by atoms with Crippen molar-refractivity contribution in [3.63, 3.8) is 0 Å². The normalized spacial score (nSPS) is 14.5. The van der Waals surface area contributed by atoms with E-state index in [1.165, 1.54) is 20.2 Å². The number of hydrogen-bond acceptors (Lipinski definition) is 7. The maximum absolute atomic E-state index is 13.4. The van der Waals surface area contributed by atoms with Crippen molar-refractivity contribution in [1.29, 1.82) is 0 Å². The fraction of sp³-hybridized carbons (Fsp3) is 0.300. The van der Waals surface area contributed by atoms with E-state index in [9.17, 15) is 31.1 Å². The lowest BCUT2D eigenvalue weighted by atomic mass is 10.1. The van der Waals surface area contributed by atoms with Gasteiger partial charge in [-0.15, -0.1) is 4.58 Å². The first-order valence-corrected chi connectivity index (χ1v) is 9.54. The zero-order valence-corrected chi connectivity index (χ0v) is 17.7. The smallest absolute Gasteiger partial charge is 0.428 e. The number of anilines is 3. The SMILES string of the molecule is CNc1nc(Nc2cc(OC)c(C(=O)[N+]3=CC(F)(F)C=C3)cc2OCCF)ncc1C(F)(F)F. The summed E-state index contributed by atoms with van der Waals surface area (Å²) in [7, 11) is 2.46. The molecule has 0 saturated heterocycles. The largest absolute Gasteiger partial charge is 0.496 e. The molecule has 0 bridgehead atoms. The van der Waals surface area contributed by atoms with Crippen molar-refractivity contribution >= 4 is 29.6 Å². The molecule has 1 amide bonds. The Morgan fingerprint density at radius 2 is 1.97 bits per heavy atom. The van der Waals surface area contributed by atoms with E-state index in [-0.39, 0.29) is 28.7 Å². The second-order valence-electron chi connectivity index (χ2n) is 6.75. The third kappa shape index (κ3) is 5.38. The minimum absolute atomic E-state index is 0.0231. The van der Waals surface area contributed by atoms with Crippen LogP contribution in [0.2, 0.25) is 0 Å². The maximum Gasteiger partial charge on any atom is 0.428 e. The van der Waals surface area contributed by atoms with Gasteiger partial charge in [0.1, 0.15) is 41.7 Å². The minimum atomic E-state index is -4.70. The Labute approximate surface area is 188 Å². The molecule has 34 heavy (non-hydrogen) atoms. The van der Waals surface area contributed by atoms with Crippen molar-refractivity contribution in [2.24, 2.45) is 0 Å². The number of amides is 1. The molecule has 0 aliphatic carbocycles. The van der Waals surface area contributed by atoms with E-state index < -0.39 is 42.7 Å². The van der Waals surface area contributed by atoms with Crippen molar-refractivity contribution < 1.29 is 45.2 Å². The number of carbonyl (C=O) groups is 1. The number of aromatic nitrogens is 2. The minimum Gasteiger partial charge on any atom is -0.496 e. The van der Waals surface area contributed by atoms with Crippen molar-refractivity contribution in [1.82, 2.24) is 9.97 Å². The zero-order chi connectivity index (χ0) is 25.1. The molecule has 1 aromatic carbocycles. The standard InChI is InChI=1S/C20H17F6N5O3/c1-27-16-12(20(24,25)26)9-28-18(30-16)29-13-8-14(33-2)11(7-15(13)34-6-4-21)17(32)31-5-3-19(22,23)10-31/h3,5,7-10H,4,6H2,1-2H3,(H-,27,28,29,30,32)/p+1. The fourth-order valence-corrected chi connectivity index (χ4v) is 2.94. The third-order valence-corrected chi connectivity index (χ3v) is 4.45. The monoisotopic (exact) mass is 490 g/mol. The van der Waals surface area contributed by atoms with Gasteiger partial charge >= 0.3 is 18.0 Å². The molecule has 0 radical (unpaired) electrons. The highest BCUT2D eigenvalue weighted by atomic mass is 19.4. The Balaban J connectivity index is 2.02. The van der Waals surface area contributed by atoms with Crippen LogP contribution in [-0.4, -0.2) is 60.0 Å². The number of rotatable bonds is 8. The van der Waals surface area contributed by atoms with Crippen LogP contribution in [0, 0.1) is 0 Å². The topological polar surface area (TPSA) is 88.4 Å². The number of halogens is 6. The van der Waals surface area contributed by atoms with Crippen LogP contribution in [0.15, 0.2) is 30.6 Å². The van der Waals surface area contributed by atoms with Gasteiger partial charge in [-0.3, -0.25) is 0 Å². The molecule has 0 spiro atoms. The number of carbonyl (C=O) groups excluding carboxylic acids is 1. The molecule has 2 N–H and O–H groups in total. The lowest BCUT2D eigenvalue weighted by Crippen LogP contribution is -2.21. The summed E-state index contributed by atoms with van der Waals surface area (Å²) in [4.78, 5) is 20.2. The Hall–Kier alpha value is -3.84. The van der Waals surface area contributed by atoms with Crippen molar-refractivity contribution in [2.75, 3.05) is 38.1 Å². The maximum atomic E-state index is 13.4. The van der Waals surface area contributed by atoms with Gasteiger partial charge in [0.25, 0.3) is 0 Å². The van der Waals surface area contributed by atoms with Gasteiger partial charge in [0.2, 0.25) is 12.2 Å². The second kappa shape index (κ2) is 9.57. The summed E-state index contributed by atoms with van der Waals surface area (Å²) in [6.07, 6.45) is -2.33. The van der Waals surface area contributed by atoms with Crippen molar-refractivity contribution in [2.45, 2.75) is 12.1 Å². The average Bonchev–Trinajstić information content (AvgIpc) is 3.16. The number of allylic oxidation sites excluding steroid dienone is 1. The van der Waals surface area contributed by atoms with Crippen LogP contribution in [0.25, 0.3) is 0 Å². The Bertz CT molecular complexity index is 1150. The number of alkyl halides is 6. The lowest BCUT2D eigenvalue weighted by Gasteiger charge is -2.16. The van der Waals surface area contributed by atoms with E-state index in [4.69, 9.17) is 9.47 Å². The summed E-state index contributed by atoms with van der Waals surface area (Å²) in [6, 6.07) is 2.35. The molecule has 1 aliphatic heterocycles. The summed E-state index contributed by atoms with van der Waals surface area (Å²) in [5.74, 6) is -5.19. The molecular weight excluding hydrogens is 472 g/mol. The highest BCUT2D eigenvalue weighted by Gasteiger charge is 2.39. The fourth-order valence-electron chi connectivity index (χ4n) is 2.94. The summed E-state index contributed by atoms with van der Waals surface area (Å²) in [6.45, 7) is -1.33. The number of benzene rings is 1. The van der Waals surface area contributed by atoms with Gasteiger partial charge in [0.15, 0.2) is 6.20 Å². The van der Waals surface area contributed by atoms with Crippen LogP contribution in [0.4, 0.5) is 43.8 Å². The molecule has 2 heterocycles. The van der Waals surface area contributed by atoms with Gasteiger partial charge in [-0.25, -0.2) is 14.2 Å². The quantitative estimate of drug-likeness (QED) is 0.427. The predicted octanol–water partition coefficient (Wildman–Crippen LogP) is 4.02. The van der Waals surface area contributed by atoms with E-state index in [1.54, 1.807) is 0 Å². The van der Waals surface area contributed by atoms with Gasteiger partial charge in [0.05, 0.1) is 18.9 Å². The molecule has 2 aromatic rings. The van der Waals surface area contributed by atoms with E-state index in [0.717, 1.165) is 12.3 Å². The number of ether oxygens (including phenoxy) is 2. The summed E-state index contributed by atoms with van der Waals surface area (Å²) >= 11 is 0. The molecular formula is C20H18F6N5O3+. The van der Waals surface area contributed by atoms with Crippen LogP contribution < -0.4 is 20.1 Å². The van der Waals surface area contributed by atoms with Gasteiger partial charge in [0, 0.05) is 25.4 Å². The van der Waals surface area contributed by atoms with E-state index in [2.05, 4.69) is 20.6 Å². The molecule has 3 rings (SSSR count). The Morgan fingerprint density at radius 3 is 2.53 bits per heavy atom. The molecule has 0 fully saturated rings. The molecule has 0 saturated carbocycles. The molecule has 0 unspecified atom stereocenters. The van der Waals surface area contributed by atoms with Crippen LogP contribution in [0.1, 0.15) is 15.9 Å². The molecule has 0 atom stereocenters. The van der Waals surface area contributed by atoms with Crippen molar-refractivity contribution in [3.05, 3.63) is 41.7 Å². The van der Waals surface area contributed by atoms with Crippen LogP contribution in [0.5, 0.6) is 11.5 Å². The number of nitrogens with zero attached hydrogens (tertiary/aromatic N) is 3. The number of methoxy groups -OCH3 is 1. The molecule has 1 aliphatic rings. The van der Waals surface area contributed by atoms with Gasteiger partial charge in [-0.1, -0.05) is 0 Å². The van der Waals surface area contributed by atoms with Crippen LogP contribution in [-0.2, 0) is 6.18 Å². The summed E-state index contributed by atoms with van der Waals surface area (Å²) in [5, 5.41) is 4.96. The second-order valence-corrected chi connectivity index (χ2v) is 6.75. The Kier molecular flexibility index (Phi) is 6.98. The zero-order valence-electron chi connectivity index (χ0n) is 17.7. The van der Waals surface area contributed by atoms with Gasteiger partial charge in [-0.05, 0) is 0 Å². The molecule has 8 nitrogen and oxygen atoms in total. The molecule has 14 heteroatoms. The lowest BCUT2D eigenvalue weighted by molar-refractivity contribution is -0.345. The van der Waals surface area contributed by atoms with Crippen molar-refractivity contribution in [3.8, 4) is 11.5 Å². The number of hydrogen-bond donors (Lipinski definition) is 2. The Morgan fingerprint density at radius 1 is 1.24 bits per heavy atom. The van der Waals surface area contributed by atoms with Crippen LogP contribution in [0.3, 0.4) is 0 Å². The van der Waals surface area contributed by atoms with Gasteiger partial charge < -0.3 is 20.1 Å². The summed E-state index contributed by atoms with van der Waals surface area (Å²) in [5.41, 5.74) is -1.26. The van der Waals surface area contributed by atoms with E-state index >= 15 is 0 Å². The van der Waals surface area contributed by atoms with E-state index in [1.807, 2.05) is 0 Å². The highest BCUT2D eigenvalue weighted by molar-refractivity contribution is 5.96. The predicted molar refractivity (Wildman–Crippen MR) is 109 cm³/mol. The van der Waals surface area contributed by atoms with Gasteiger partial charge in [-0.2, -0.15) is 26.9 Å². The average molecular weight is 490 g/mol. The first-order valence-electron chi connectivity index (χ1n) is 9.54. The number of nitrogens with one attached hydrogen (secondary N) is 2. The third-order valence-electron chi connectivity index (χ3n) is 4.45. The first-order chi connectivity index (χ1) is 16.0. The molecule has 182 valence electrons. The van der Waals surface area contributed by atoms with E-state index in [0.29, 0.717) is 23.1 Å². The highest BCUT2D eigenvalue weighted by Crippen LogP contribution is 2.37. The first kappa shape index (κ1) is 24.8. The molecule has 1 aromatic heterocycles. The summed E-state index contributed by atoms with van der Waals surface area (Å²) < 4.78 is 90.0. The van der Waals surface area contributed by atoms with Crippen LogP contribution >= 0.6 is 0 Å².